The number of methoxy groups -OCH3 is 8. The first kappa shape index (κ1) is 64.5. The molecule has 0 fully saturated rings. The Balaban J connectivity index is 0.00000120. The third-order valence-corrected chi connectivity index (χ3v) is 14.5. The monoisotopic (exact) mass is 1130 g/mol. The van der Waals surface area contributed by atoms with E-state index in [1.807, 2.05) is 24.3 Å². The number of benzene rings is 4. The summed E-state index contributed by atoms with van der Waals surface area (Å²) < 4.78 is 112. The van der Waals surface area contributed by atoms with Gasteiger partial charge in [-0.25, -0.2) is 16.8 Å². The highest BCUT2D eigenvalue weighted by atomic mass is 32.2. The fourth-order valence-electron chi connectivity index (χ4n) is 10.0. The number of carbonyl (C=O) groups excluding carboxylic acids is 2. The molecule has 4 atom stereocenters. The van der Waals surface area contributed by atoms with E-state index in [0.717, 1.165) is 49.9 Å². The first-order valence-electron chi connectivity index (χ1n) is 25.5. The fraction of sp³-hybridized carbons (Fsp3) is 0.536. The second-order valence-corrected chi connectivity index (χ2v) is 22.8. The van der Waals surface area contributed by atoms with Crippen LogP contribution in [0.2, 0.25) is 0 Å². The summed E-state index contributed by atoms with van der Waals surface area (Å²) in [5, 5.41) is 0. The summed E-state index contributed by atoms with van der Waals surface area (Å²) in [5.41, 5.74) is 7.00. The highest BCUT2D eigenvalue weighted by Crippen LogP contribution is 2.45. The lowest BCUT2D eigenvalue weighted by Gasteiger charge is -2.46. The lowest BCUT2D eigenvalue weighted by molar-refractivity contribution is -0.940. The quantitative estimate of drug-likeness (QED) is 0.0406. The molecule has 2 aliphatic heterocycles. The van der Waals surface area contributed by atoms with Gasteiger partial charge in [0, 0.05) is 49.3 Å². The number of fused-ring (bicyclic) bond motifs is 2. The molecule has 0 amide bonds. The predicted molar refractivity (Wildman–Crippen MR) is 291 cm³/mol. The van der Waals surface area contributed by atoms with Crippen molar-refractivity contribution in [2.24, 2.45) is 5.92 Å². The fourth-order valence-corrected chi connectivity index (χ4v) is 10.0. The minimum absolute atomic E-state index is 0.0347. The Hall–Kier alpha value is -6.04. The highest BCUT2D eigenvalue weighted by molar-refractivity contribution is 7.85. The van der Waals surface area contributed by atoms with E-state index in [1.165, 1.54) is 22.3 Å². The van der Waals surface area contributed by atoms with Crippen LogP contribution in [0.15, 0.2) is 60.7 Å². The minimum atomic E-state index is -3.92. The molecule has 6 rings (SSSR count). The maximum absolute atomic E-state index is 13.3. The largest absolute Gasteiger partial charge is 0.748 e. The molecule has 0 aromatic heterocycles. The summed E-state index contributed by atoms with van der Waals surface area (Å²) in [6, 6.07) is 20.5. The zero-order valence-electron chi connectivity index (χ0n) is 47.5. The smallest absolute Gasteiger partial charge is 0.311 e. The molecule has 0 saturated heterocycles. The van der Waals surface area contributed by atoms with Crippen LogP contribution in [-0.4, -0.2) is 170 Å². The predicted octanol–water partition coefficient (Wildman–Crippen LogP) is 6.63. The standard InChI is InChI=1S/C54H74N2O12.2CH4O3S/c1-36(20-26-67-53(57)18-24-55(2)22-16-39-32-49(63-8)51(65-10)34-41(39)43(55)28-37-12-14-45(59-4)47(30-37)61-6)21-27-68-54(58)19-25-56(3)23-17-40-33-50(64-9)52(66-11)35-42(40)44(56)29-38-13-15-46(60-5)48(31-38)62-7;2*1-5(2,3)4/h12-15,30-36,43-44H,16-29H2,1-11H3;2*1H3,(H,2,3,4)/q+2;;/p-2/t43-,44-,55-,56-;;/m1../s1. The zero-order chi connectivity index (χ0) is 58.0. The average molecular weight is 1130 g/mol. The van der Waals surface area contributed by atoms with E-state index in [9.17, 15) is 9.59 Å². The van der Waals surface area contributed by atoms with E-state index in [4.69, 9.17) is 73.3 Å². The Morgan fingerprint density at radius 1 is 0.513 bits per heavy atom. The molecule has 20 nitrogen and oxygen atoms in total. The van der Waals surface area contributed by atoms with Crippen LogP contribution in [0.25, 0.3) is 0 Å². The average Bonchev–Trinajstić information content (AvgIpc) is 3.39. The van der Waals surface area contributed by atoms with Crippen LogP contribution >= 0.6 is 0 Å². The van der Waals surface area contributed by atoms with E-state index in [2.05, 4.69) is 57.4 Å². The summed E-state index contributed by atoms with van der Waals surface area (Å²) >= 11 is 0. The van der Waals surface area contributed by atoms with Crippen molar-refractivity contribution in [3.63, 3.8) is 0 Å². The first-order chi connectivity index (χ1) is 36.7. The number of quaternary nitrogens is 2. The van der Waals surface area contributed by atoms with Gasteiger partial charge in [0.25, 0.3) is 0 Å². The van der Waals surface area contributed by atoms with Gasteiger partial charge in [0.05, 0.1) is 143 Å². The van der Waals surface area contributed by atoms with Crippen molar-refractivity contribution in [1.82, 2.24) is 0 Å². The van der Waals surface area contributed by atoms with Gasteiger partial charge in [-0.2, -0.15) is 0 Å². The van der Waals surface area contributed by atoms with Crippen molar-refractivity contribution in [2.45, 2.75) is 70.4 Å². The van der Waals surface area contributed by atoms with Crippen molar-refractivity contribution in [1.29, 1.82) is 0 Å². The Kier molecular flexibility index (Phi) is 24.2. The van der Waals surface area contributed by atoms with Crippen LogP contribution in [0.1, 0.15) is 78.1 Å². The SMILES string of the molecule is COc1ccc(C[C@@H]2c3cc(OC)c(OC)cc3CC[N@+]2(C)CCC(=O)OCCC(C)CCOC(=O)CC[N@@+]2(C)CCc3cc(OC)c(OC)cc3[C@H]2Cc2ccc(OC)c(OC)c2)cc1OC.CS(=O)(=O)[O-].CS(=O)(=O)[O-]. The molecule has 2 aliphatic rings. The normalized spacial score (nSPS) is 18.5. The number of hydrogen-bond donors (Lipinski definition) is 0. The highest BCUT2D eigenvalue weighted by Gasteiger charge is 2.42. The molecule has 0 spiro atoms. The van der Waals surface area contributed by atoms with Gasteiger partial charge in [0.2, 0.25) is 0 Å². The third-order valence-electron chi connectivity index (χ3n) is 14.5. The van der Waals surface area contributed by atoms with Crippen molar-refractivity contribution in [2.75, 3.05) is 123 Å². The maximum Gasteiger partial charge on any atom is 0.311 e. The molecule has 0 saturated carbocycles. The Morgan fingerprint density at radius 2 is 0.808 bits per heavy atom. The topological polar surface area (TPSA) is 241 Å². The number of ether oxygens (including phenoxy) is 10. The molecule has 0 radical (unpaired) electrons. The van der Waals surface area contributed by atoms with Crippen molar-refractivity contribution >= 4 is 32.2 Å². The molecule has 434 valence electrons. The number of nitrogens with zero attached hydrogens (tertiary/aromatic N) is 2. The molecule has 22 heteroatoms. The van der Waals surface area contributed by atoms with Crippen LogP contribution in [0.3, 0.4) is 0 Å². The van der Waals surface area contributed by atoms with Crippen LogP contribution < -0.4 is 37.9 Å². The lowest BCUT2D eigenvalue weighted by atomic mass is 9.86. The summed E-state index contributed by atoms with van der Waals surface area (Å²) in [7, 11) is 9.79. The second kappa shape index (κ2) is 29.3. The molecule has 78 heavy (non-hydrogen) atoms. The lowest BCUT2D eigenvalue weighted by Crippen LogP contribution is -2.53. The van der Waals surface area contributed by atoms with Gasteiger partial charge in [-0.05, 0) is 89.5 Å². The van der Waals surface area contributed by atoms with Crippen LogP contribution in [-0.2, 0) is 65.0 Å². The number of rotatable bonds is 24. The summed E-state index contributed by atoms with van der Waals surface area (Å²) in [6.07, 6.45) is 6.24. The van der Waals surface area contributed by atoms with Crippen LogP contribution in [0, 0.1) is 5.92 Å². The first-order valence-corrected chi connectivity index (χ1v) is 29.1. The van der Waals surface area contributed by atoms with E-state index in [-0.39, 0.29) is 42.8 Å². The van der Waals surface area contributed by atoms with Gasteiger partial charge in [-0.15, -0.1) is 0 Å². The maximum atomic E-state index is 13.3. The molecule has 0 N–H and O–H groups in total. The molecule has 4 aromatic rings. The molecule has 0 bridgehead atoms. The van der Waals surface area contributed by atoms with Gasteiger partial charge in [-0.3, -0.25) is 9.59 Å². The molecular weight excluding hydrogens is 1050 g/mol. The number of carbonyl (C=O) groups is 2. The minimum Gasteiger partial charge on any atom is -0.748 e. The van der Waals surface area contributed by atoms with Gasteiger partial charge in [0.1, 0.15) is 12.1 Å². The van der Waals surface area contributed by atoms with Crippen LogP contribution in [0.5, 0.6) is 46.0 Å². The van der Waals surface area contributed by atoms with Crippen molar-refractivity contribution < 1.29 is 91.9 Å². The molecule has 0 aliphatic carbocycles. The Bertz CT molecular complexity index is 2660. The van der Waals surface area contributed by atoms with E-state index in [0.29, 0.717) is 107 Å². The van der Waals surface area contributed by atoms with E-state index >= 15 is 0 Å². The Morgan fingerprint density at radius 3 is 1.12 bits per heavy atom. The van der Waals surface area contributed by atoms with Gasteiger partial charge in [-0.1, -0.05) is 19.1 Å². The van der Waals surface area contributed by atoms with Crippen LogP contribution in [0.4, 0.5) is 0 Å². The summed E-state index contributed by atoms with van der Waals surface area (Å²) in [6.45, 7) is 5.63. The van der Waals surface area contributed by atoms with Crippen molar-refractivity contribution in [3.8, 4) is 46.0 Å². The third kappa shape index (κ3) is 19.1. The van der Waals surface area contributed by atoms with Gasteiger partial charge >= 0.3 is 11.9 Å². The molecule has 0 unspecified atom stereocenters. The van der Waals surface area contributed by atoms with Gasteiger partial charge in [0.15, 0.2) is 46.0 Å². The number of likely N-dealkylation sites (N-methyl/N-ethyl adjacent to an activating group) is 2. The summed E-state index contributed by atoms with van der Waals surface area (Å²) in [5.74, 6) is 5.24. The number of hydrogen-bond acceptors (Lipinski definition) is 18. The van der Waals surface area contributed by atoms with Gasteiger partial charge < -0.3 is 65.4 Å². The zero-order valence-corrected chi connectivity index (χ0v) is 49.1. The van der Waals surface area contributed by atoms with E-state index in [1.54, 1.807) is 56.9 Å². The number of esters is 2. The van der Waals surface area contributed by atoms with Crippen molar-refractivity contribution in [3.05, 3.63) is 94.0 Å². The second-order valence-electron chi connectivity index (χ2n) is 20.0. The van der Waals surface area contributed by atoms with E-state index < -0.39 is 20.2 Å². The molecular formula is C56H80N2O18S2. The molecule has 2 heterocycles. The molecule has 4 aromatic carbocycles. The summed E-state index contributed by atoms with van der Waals surface area (Å²) in [4.78, 5) is 26.6. The Labute approximate surface area is 461 Å².